The van der Waals surface area contributed by atoms with Crippen LogP contribution < -0.4 is 16.4 Å². The molecule has 0 fully saturated rings. The van der Waals surface area contributed by atoms with Crippen molar-refractivity contribution in [1.29, 1.82) is 0 Å². The molecule has 2 rings (SSSR count). The Balaban J connectivity index is 1.92. The first-order valence-electron chi connectivity index (χ1n) is 8.80. The molecule has 0 saturated carbocycles. The standard InChI is InChI=1S/C19H32N4/c1-14(2)9-17(20)10-15-6-7-16-12-18(23-19(16)11-15)5-4-8-22-13-21-3/h6-7,11-12,14,17,21-23H,4-5,8-10,13,20H2,1-3H3. The van der Waals surface area contributed by atoms with E-state index in [2.05, 4.69) is 53.7 Å². The lowest BCUT2D eigenvalue weighted by molar-refractivity contribution is 0.493. The van der Waals surface area contributed by atoms with Crippen LogP contribution in [0.3, 0.4) is 0 Å². The summed E-state index contributed by atoms with van der Waals surface area (Å²) in [6.07, 6.45) is 4.25. The van der Waals surface area contributed by atoms with Crippen molar-refractivity contribution in [3.63, 3.8) is 0 Å². The molecule has 0 bridgehead atoms. The van der Waals surface area contributed by atoms with Crippen LogP contribution in [0.2, 0.25) is 0 Å². The van der Waals surface area contributed by atoms with Crippen LogP contribution in [-0.4, -0.2) is 31.3 Å². The topological polar surface area (TPSA) is 65.9 Å². The lowest BCUT2D eigenvalue weighted by atomic mass is 9.98. The van der Waals surface area contributed by atoms with E-state index in [1.54, 1.807) is 0 Å². The molecule has 4 nitrogen and oxygen atoms in total. The van der Waals surface area contributed by atoms with Gasteiger partial charge in [-0.15, -0.1) is 0 Å². The number of aromatic amines is 1. The van der Waals surface area contributed by atoms with E-state index < -0.39 is 0 Å². The van der Waals surface area contributed by atoms with Crippen LogP contribution in [0.5, 0.6) is 0 Å². The summed E-state index contributed by atoms with van der Waals surface area (Å²) >= 11 is 0. The maximum absolute atomic E-state index is 6.24. The number of aryl methyl sites for hydroxylation is 1. The number of nitrogens with two attached hydrogens (primary N) is 1. The number of hydrogen-bond acceptors (Lipinski definition) is 3. The van der Waals surface area contributed by atoms with Gasteiger partial charge in [0.25, 0.3) is 0 Å². The third kappa shape index (κ3) is 5.98. The predicted octanol–water partition coefficient (Wildman–Crippen LogP) is 2.78. The van der Waals surface area contributed by atoms with Crippen molar-refractivity contribution in [3.05, 3.63) is 35.5 Å². The molecule has 0 radical (unpaired) electrons. The molecule has 1 aromatic heterocycles. The third-order valence-corrected chi connectivity index (χ3v) is 4.12. The zero-order valence-corrected chi connectivity index (χ0v) is 14.8. The van der Waals surface area contributed by atoms with E-state index in [0.717, 1.165) is 38.9 Å². The zero-order chi connectivity index (χ0) is 16.7. The second-order valence-corrected chi connectivity index (χ2v) is 6.94. The summed E-state index contributed by atoms with van der Waals surface area (Å²) in [5, 5.41) is 7.73. The minimum absolute atomic E-state index is 0.250. The van der Waals surface area contributed by atoms with Gasteiger partial charge in [-0.25, -0.2) is 0 Å². The molecule has 0 aliphatic carbocycles. The number of benzene rings is 1. The van der Waals surface area contributed by atoms with Gasteiger partial charge < -0.3 is 21.4 Å². The molecule has 0 aliphatic heterocycles. The number of fused-ring (bicyclic) bond motifs is 1. The molecule has 1 heterocycles. The SMILES string of the molecule is CNCNCCCc1cc2ccc(CC(N)CC(C)C)cc2[nH]1. The van der Waals surface area contributed by atoms with E-state index in [9.17, 15) is 0 Å². The average molecular weight is 316 g/mol. The minimum Gasteiger partial charge on any atom is -0.358 e. The van der Waals surface area contributed by atoms with Gasteiger partial charge in [-0.05, 0) is 68.3 Å². The molecule has 2 aromatic rings. The fourth-order valence-corrected chi connectivity index (χ4v) is 3.10. The summed E-state index contributed by atoms with van der Waals surface area (Å²) in [5.41, 5.74) is 10.1. The Kier molecular flexibility index (Phi) is 7.09. The van der Waals surface area contributed by atoms with Gasteiger partial charge in [0.15, 0.2) is 0 Å². The summed E-state index contributed by atoms with van der Waals surface area (Å²) in [5.74, 6) is 0.655. The van der Waals surface area contributed by atoms with Crippen LogP contribution >= 0.6 is 0 Å². The highest BCUT2D eigenvalue weighted by Gasteiger charge is 2.08. The van der Waals surface area contributed by atoms with E-state index in [1.165, 1.54) is 22.2 Å². The second kappa shape index (κ2) is 9.06. The third-order valence-electron chi connectivity index (χ3n) is 4.12. The lowest BCUT2D eigenvalue weighted by Crippen LogP contribution is -2.26. The molecule has 0 saturated heterocycles. The second-order valence-electron chi connectivity index (χ2n) is 6.94. The highest BCUT2D eigenvalue weighted by Crippen LogP contribution is 2.19. The van der Waals surface area contributed by atoms with Crippen LogP contribution in [-0.2, 0) is 12.8 Å². The maximum Gasteiger partial charge on any atom is 0.0458 e. The summed E-state index contributed by atoms with van der Waals surface area (Å²) in [7, 11) is 1.95. The summed E-state index contributed by atoms with van der Waals surface area (Å²) < 4.78 is 0. The van der Waals surface area contributed by atoms with Gasteiger partial charge in [0.2, 0.25) is 0 Å². The van der Waals surface area contributed by atoms with E-state index in [4.69, 9.17) is 5.73 Å². The van der Waals surface area contributed by atoms with Gasteiger partial charge in [-0.3, -0.25) is 0 Å². The number of H-pyrrole nitrogens is 1. The first kappa shape index (κ1) is 18.0. The van der Waals surface area contributed by atoms with Crippen molar-refractivity contribution in [2.45, 2.75) is 45.6 Å². The summed E-state index contributed by atoms with van der Waals surface area (Å²) in [6.45, 7) is 6.36. The fourth-order valence-electron chi connectivity index (χ4n) is 3.10. The van der Waals surface area contributed by atoms with Crippen LogP contribution in [0, 0.1) is 5.92 Å². The molecule has 128 valence electrons. The van der Waals surface area contributed by atoms with Crippen molar-refractivity contribution < 1.29 is 0 Å². The van der Waals surface area contributed by atoms with Gasteiger partial charge in [0.1, 0.15) is 0 Å². The Bertz CT molecular complexity index is 588. The molecule has 0 spiro atoms. The van der Waals surface area contributed by atoms with E-state index >= 15 is 0 Å². The molecule has 0 aliphatic rings. The highest BCUT2D eigenvalue weighted by atomic mass is 15.0. The first-order chi connectivity index (χ1) is 11.1. The number of nitrogens with one attached hydrogen (secondary N) is 3. The Labute approximate surface area is 140 Å². The molecule has 1 aromatic carbocycles. The summed E-state index contributed by atoms with van der Waals surface area (Å²) in [6, 6.07) is 9.21. The van der Waals surface area contributed by atoms with Gasteiger partial charge in [0, 0.05) is 23.9 Å². The zero-order valence-electron chi connectivity index (χ0n) is 14.8. The maximum atomic E-state index is 6.24. The average Bonchev–Trinajstić information content (AvgIpc) is 2.88. The van der Waals surface area contributed by atoms with Crippen molar-refractivity contribution in [1.82, 2.24) is 15.6 Å². The fraction of sp³-hybridized carbons (Fsp3) is 0.579. The molecule has 23 heavy (non-hydrogen) atoms. The number of hydrogen-bond donors (Lipinski definition) is 4. The Morgan fingerprint density at radius 3 is 2.78 bits per heavy atom. The molecular weight excluding hydrogens is 284 g/mol. The van der Waals surface area contributed by atoms with Crippen LogP contribution in [0.1, 0.15) is 37.9 Å². The minimum atomic E-state index is 0.250. The first-order valence-corrected chi connectivity index (χ1v) is 8.80. The van der Waals surface area contributed by atoms with E-state index in [-0.39, 0.29) is 6.04 Å². The Hall–Kier alpha value is -1.36. The van der Waals surface area contributed by atoms with Crippen molar-refractivity contribution >= 4 is 10.9 Å². The van der Waals surface area contributed by atoms with Gasteiger partial charge in [-0.2, -0.15) is 0 Å². The largest absolute Gasteiger partial charge is 0.358 e. The van der Waals surface area contributed by atoms with Crippen LogP contribution in [0.15, 0.2) is 24.3 Å². The molecule has 0 amide bonds. The van der Waals surface area contributed by atoms with Gasteiger partial charge in [-0.1, -0.05) is 26.0 Å². The predicted molar refractivity (Wildman–Crippen MR) is 99.7 cm³/mol. The normalized spacial score (nSPS) is 13.1. The Morgan fingerprint density at radius 2 is 2.04 bits per heavy atom. The van der Waals surface area contributed by atoms with Crippen LogP contribution in [0.25, 0.3) is 10.9 Å². The molecule has 5 N–H and O–H groups in total. The van der Waals surface area contributed by atoms with Crippen molar-refractivity contribution in [2.24, 2.45) is 11.7 Å². The van der Waals surface area contributed by atoms with Crippen LogP contribution in [0.4, 0.5) is 0 Å². The Morgan fingerprint density at radius 1 is 1.22 bits per heavy atom. The van der Waals surface area contributed by atoms with Crippen molar-refractivity contribution in [3.8, 4) is 0 Å². The molecular formula is C19H32N4. The lowest BCUT2D eigenvalue weighted by Gasteiger charge is -2.13. The smallest absolute Gasteiger partial charge is 0.0458 e. The number of aromatic nitrogens is 1. The molecule has 1 atom stereocenters. The monoisotopic (exact) mass is 316 g/mol. The number of rotatable bonds is 10. The van der Waals surface area contributed by atoms with Crippen molar-refractivity contribution in [2.75, 3.05) is 20.3 Å². The van der Waals surface area contributed by atoms with E-state index in [0.29, 0.717) is 5.92 Å². The molecule has 1 unspecified atom stereocenters. The van der Waals surface area contributed by atoms with E-state index in [1.807, 2.05) is 7.05 Å². The van der Waals surface area contributed by atoms with Gasteiger partial charge in [0.05, 0.1) is 0 Å². The summed E-state index contributed by atoms with van der Waals surface area (Å²) in [4.78, 5) is 3.56. The van der Waals surface area contributed by atoms with Gasteiger partial charge >= 0.3 is 0 Å². The molecule has 4 heteroatoms. The quantitative estimate of drug-likeness (QED) is 0.402. The highest BCUT2D eigenvalue weighted by molar-refractivity contribution is 5.81.